The Hall–Kier alpha value is -2.57. The zero-order valence-electron chi connectivity index (χ0n) is 13.7. The summed E-state index contributed by atoms with van der Waals surface area (Å²) in [5.74, 6) is 0. The number of azo groups is 1. The molecule has 0 saturated heterocycles. The minimum atomic E-state index is -1.65. The van der Waals surface area contributed by atoms with Crippen LogP contribution in [0.15, 0.2) is 63.9 Å². The Bertz CT molecular complexity index is 813. The summed E-state index contributed by atoms with van der Waals surface area (Å²) >= 11 is 0. The highest BCUT2D eigenvalue weighted by Gasteiger charge is 2.47. The van der Waals surface area contributed by atoms with E-state index in [-0.39, 0.29) is 0 Å². The van der Waals surface area contributed by atoms with Gasteiger partial charge in [0.2, 0.25) is 0 Å². The number of nitrogens with zero attached hydrogens (tertiary/aromatic N) is 3. The zero-order valence-corrected chi connectivity index (χ0v) is 13.7. The summed E-state index contributed by atoms with van der Waals surface area (Å²) in [5.41, 5.74) is 4.15. The molecule has 24 heavy (non-hydrogen) atoms. The second kappa shape index (κ2) is 5.22. The number of hydrogen-bond donors (Lipinski definition) is 0. The lowest BCUT2D eigenvalue weighted by atomic mass is 10.1. The number of rotatable bonds is 3. The molecule has 0 fully saturated rings. The molecule has 0 aromatic heterocycles. The largest absolute Gasteiger partial charge is 0.481 e. The quantitative estimate of drug-likeness (QED) is 0.542. The van der Waals surface area contributed by atoms with E-state index in [4.69, 9.17) is 14.3 Å². The highest BCUT2D eigenvalue weighted by Crippen LogP contribution is 2.38. The molecule has 0 amide bonds. The Morgan fingerprint density at radius 2 is 1.42 bits per heavy atom. The van der Waals surface area contributed by atoms with Crippen molar-refractivity contribution in [3.05, 3.63) is 59.7 Å². The van der Waals surface area contributed by atoms with Gasteiger partial charge in [-0.1, -0.05) is 58.8 Å². The van der Waals surface area contributed by atoms with Crippen LogP contribution in [0.5, 0.6) is 0 Å². The molecule has 1 aliphatic heterocycles. The molecular formula is C18H17N3O3. The highest BCUT2D eigenvalue weighted by molar-refractivity contribution is 6.24. The average Bonchev–Trinajstić information content (AvgIpc) is 3.08. The fourth-order valence-electron chi connectivity index (χ4n) is 2.89. The van der Waals surface area contributed by atoms with E-state index in [9.17, 15) is 0 Å². The molecule has 2 aromatic rings. The van der Waals surface area contributed by atoms with Crippen molar-refractivity contribution < 1.29 is 14.3 Å². The third-order valence-corrected chi connectivity index (χ3v) is 3.96. The standard InChI is InChI=1S/C18H17N3O3/c1-17(2)20-21-18(22-3,23-17)24-19-16-14-10-6-4-8-12(14)13-9-5-7-11-15(13)16/h4-11H,1-3H3. The van der Waals surface area contributed by atoms with Gasteiger partial charge in [0.15, 0.2) is 5.72 Å². The van der Waals surface area contributed by atoms with Crippen LogP contribution in [0, 0.1) is 0 Å². The second-order valence-corrected chi connectivity index (χ2v) is 6.10. The van der Waals surface area contributed by atoms with E-state index in [0.29, 0.717) is 0 Å². The molecule has 2 aliphatic rings. The van der Waals surface area contributed by atoms with Crippen LogP contribution in [0.1, 0.15) is 25.0 Å². The first-order valence-electron chi connectivity index (χ1n) is 7.68. The number of fused-ring (bicyclic) bond motifs is 3. The molecule has 4 rings (SSSR count). The lowest BCUT2D eigenvalue weighted by molar-refractivity contribution is -0.376. The fourth-order valence-corrected chi connectivity index (χ4v) is 2.89. The van der Waals surface area contributed by atoms with Gasteiger partial charge in [-0.15, -0.1) is 5.11 Å². The molecule has 0 bridgehead atoms. The van der Waals surface area contributed by atoms with Crippen LogP contribution < -0.4 is 0 Å². The van der Waals surface area contributed by atoms with E-state index in [1.165, 1.54) is 7.11 Å². The SMILES string of the molecule is COC1(ON=C2c3ccccc3-c3ccccc32)N=NC(C)(C)O1. The fraction of sp³-hybridized carbons (Fsp3) is 0.278. The van der Waals surface area contributed by atoms with Gasteiger partial charge in [-0.2, -0.15) is 0 Å². The van der Waals surface area contributed by atoms with E-state index < -0.39 is 11.8 Å². The van der Waals surface area contributed by atoms with Gasteiger partial charge in [-0.3, -0.25) is 9.47 Å². The van der Waals surface area contributed by atoms with Crippen molar-refractivity contribution in [2.45, 2.75) is 25.7 Å². The minimum Gasteiger partial charge on any atom is -0.307 e. The second-order valence-electron chi connectivity index (χ2n) is 6.10. The summed E-state index contributed by atoms with van der Waals surface area (Å²) in [6.07, 6.45) is -1.65. The molecular weight excluding hydrogens is 306 g/mol. The first-order valence-corrected chi connectivity index (χ1v) is 7.68. The Labute approximate surface area is 139 Å². The van der Waals surface area contributed by atoms with Gasteiger partial charge in [0.1, 0.15) is 5.71 Å². The Balaban J connectivity index is 1.74. The van der Waals surface area contributed by atoms with Crippen LogP contribution in [-0.2, 0) is 14.3 Å². The van der Waals surface area contributed by atoms with Crippen LogP contribution in [-0.4, -0.2) is 24.6 Å². The van der Waals surface area contributed by atoms with Crippen LogP contribution in [0.3, 0.4) is 0 Å². The number of methoxy groups -OCH3 is 1. The van der Waals surface area contributed by atoms with Crippen LogP contribution in [0.4, 0.5) is 0 Å². The van der Waals surface area contributed by atoms with Gasteiger partial charge in [0, 0.05) is 18.2 Å². The zero-order chi connectivity index (χ0) is 16.8. The van der Waals surface area contributed by atoms with Crippen LogP contribution in [0.2, 0.25) is 0 Å². The predicted molar refractivity (Wildman–Crippen MR) is 88.4 cm³/mol. The summed E-state index contributed by atoms with van der Waals surface area (Å²) in [6.45, 7) is 3.54. The molecule has 1 aliphatic carbocycles. The van der Waals surface area contributed by atoms with Crippen LogP contribution in [0.25, 0.3) is 11.1 Å². The van der Waals surface area contributed by atoms with Gasteiger partial charge in [0.25, 0.3) is 0 Å². The molecule has 2 aromatic carbocycles. The molecule has 0 spiro atoms. The van der Waals surface area contributed by atoms with Crippen molar-refractivity contribution in [3.8, 4) is 11.1 Å². The van der Waals surface area contributed by atoms with E-state index in [1.807, 2.05) is 36.4 Å². The maximum absolute atomic E-state index is 5.64. The molecule has 6 heteroatoms. The Kier molecular flexibility index (Phi) is 3.26. The Morgan fingerprint density at radius 3 is 1.88 bits per heavy atom. The third kappa shape index (κ3) is 2.31. The average molecular weight is 323 g/mol. The monoisotopic (exact) mass is 323 g/mol. The summed E-state index contributed by atoms with van der Waals surface area (Å²) < 4.78 is 10.9. The van der Waals surface area contributed by atoms with Gasteiger partial charge in [-0.05, 0) is 25.0 Å². The van der Waals surface area contributed by atoms with Gasteiger partial charge < -0.3 is 4.84 Å². The summed E-state index contributed by atoms with van der Waals surface area (Å²) in [6, 6.07) is 16.1. The maximum Gasteiger partial charge on any atom is 0.481 e. The summed E-state index contributed by atoms with van der Waals surface area (Å²) in [5, 5.41) is 12.3. The Morgan fingerprint density at radius 1 is 0.875 bits per heavy atom. The third-order valence-electron chi connectivity index (χ3n) is 3.96. The number of benzene rings is 2. The van der Waals surface area contributed by atoms with E-state index >= 15 is 0 Å². The first-order chi connectivity index (χ1) is 11.5. The van der Waals surface area contributed by atoms with E-state index in [2.05, 4.69) is 27.5 Å². The molecule has 6 nitrogen and oxygen atoms in total. The number of hydrogen-bond acceptors (Lipinski definition) is 6. The number of oxime groups is 1. The van der Waals surface area contributed by atoms with Gasteiger partial charge in [-0.25, -0.2) is 0 Å². The van der Waals surface area contributed by atoms with Crippen molar-refractivity contribution in [2.24, 2.45) is 15.4 Å². The van der Waals surface area contributed by atoms with E-state index in [0.717, 1.165) is 28.0 Å². The van der Waals surface area contributed by atoms with Crippen molar-refractivity contribution in [2.75, 3.05) is 7.11 Å². The molecule has 0 radical (unpaired) electrons. The normalized spacial score (nSPS) is 23.0. The van der Waals surface area contributed by atoms with Crippen LogP contribution >= 0.6 is 0 Å². The van der Waals surface area contributed by atoms with Gasteiger partial charge in [0.05, 0.1) is 0 Å². The maximum atomic E-state index is 5.64. The summed E-state index contributed by atoms with van der Waals surface area (Å²) in [4.78, 5) is 5.56. The predicted octanol–water partition coefficient (Wildman–Crippen LogP) is 3.91. The first kappa shape index (κ1) is 15.0. The van der Waals surface area contributed by atoms with E-state index in [1.54, 1.807) is 13.8 Å². The lowest BCUT2D eigenvalue weighted by Gasteiger charge is -2.22. The lowest BCUT2D eigenvalue weighted by Crippen LogP contribution is -2.36. The minimum absolute atomic E-state index is 0.723. The molecule has 0 saturated carbocycles. The molecule has 122 valence electrons. The van der Waals surface area contributed by atoms with Crippen molar-refractivity contribution in [3.63, 3.8) is 0 Å². The molecule has 1 atom stereocenters. The summed E-state index contributed by atoms with van der Waals surface area (Å²) in [7, 11) is 1.44. The van der Waals surface area contributed by atoms with Gasteiger partial charge >= 0.3 is 6.10 Å². The molecule has 0 N–H and O–H groups in total. The topological polar surface area (TPSA) is 64.8 Å². The van der Waals surface area contributed by atoms with Crippen molar-refractivity contribution in [1.82, 2.24) is 0 Å². The molecule has 1 unspecified atom stereocenters. The smallest absolute Gasteiger partial charge is 0.307 e. The highest BCUT2D eigenvalue weighted by atomic mass is 16.9. The molecule has 1 heterocycles. The number of ether oxygens (including phenoxy) is 2. The van der Waals surface area contributed by atoms with Crippen molar-refractivity contribution in [1.29, 1.82) is 0 Å². The van der Waals surface area contributed by atoms with Crippen molar-refractivity contribution >= 4 is 5.71 Å².